The SMILES string of the molecule is NC(c1csc(Br)c1)c1ccc2c(c1)OCCO2. The van der Waals surface area contributed by atoms with Crippen LogP contribution in [0, 0.1) is 0 Å². The molecule has 18 heavy (non-hydrogen) atoms. The highest BCUT2D eigenvalue weighted by atomic mass is 79.9. The third-order valence-electron chi connectivity index (χ3n) is 2.87. The van der Waals surface area contributed by atoms with E-state index in [1.807, 2.05) is 24.3 Å². The van der Waals surface area contributed by atoms with Crippen LogP contribution >= 0.6 is 27.3 Å². The number of fused-ring (bicyclic) bond motifs is 1. The van der Waals surface area contributed by atoms with E-state index in [2.05, 4.69) is 21.3 Å². The molecule has 0 radical (unpaired) electrons. The van der Waals surface area contributed by atoms with Gasteiger partial charge in [0.1, 0.15) is 13.2 Å². The Balaban J connectivity index is 1.92. The van der Waals surface area contributed by atoms with Gasteiger partial charge in [0.05, 0.1) is 9.83 Å². The van der Waals surface area contributed by atoms with Crippen LogP contribution < -0.4 is 15.2 Å². The van der Waals surface area contributed by atoms with Crippen LogP contribution in [0.5, 0.6) is 11.5 Å². The van der Waals surface area contributed by atoms with Gasteiger partial charge in [-0.1, -0.05) is 6.07 Å². The highest BCUT2D eigenvalue weighted by Crippen LogP contribution is 2.34. The maximum Gasteiger partial charge on any atom is 0.161 e. The van der Waals surface area contributed by atoms with E-state index < -0.39 is 0 Å². The fourth-order valence-corrected chi connectivity index (χ4v) is 3.14. The first kappa shape index (κ1) is 12.0. The van der Waals surface area contributed by atoms with E-state index in [1.54, 1.807) is 11.3 Å². The second-order valence-electron chi connectivity index (χ2n) is 4.06. The predicted molar refractivity (Wildman–Crippen MR) is 75.5 cm³/mol. The van der Waals surface area contributed by atoms with Crippen molar-refractivity contribution in [3.05, 3.63) is 44.6 Å². The maximum absolute atomic E-state index is 6.25. The van der Waals surface area contributed by atoms with E-state index >= 15 is 0 Å². The third kappa shape index (κ3) is 2.25. The smallest absolute Gasteiger partial charge is 0.161 e. The van der Waals surface area contributed by atoms with Gasteiger partial charge in [-0.05, 0) is 50.6 Å². The summed E-state index contributed by atoms with van der Waals surface area (Å²) in [6.45, 7) is 1.20. The van der Waals surface area contributed by atoms with Gasteiger partial charge in [-0.15, -0.1) is 11.3 Å². The summed E-state index contributed by atoms with van der Waals surface area (Å²) < 4.78 is 12.2. The van der Waals surface area contributed by atoms with Gasteiger partial charge in [0, 0.05) is 0 Å². The molecule has 2 heterocycles. The number of halogens is 1. The zero-order chi connectivity index (χ0) is 12.5. The second kappa shape index (κ2) is 4.91. The monoisotopic (exact) mass is 325 g/mol. The van der Waals surface area contributed by atoms with E-state index in [9.17, 15) is 0 Å². The molecule has 0 fully saturated rings. The highest BCUT2D eigenvalue weighted by molar-refractivity contribution is 9.11. The Bertz CT molecular complexity index is 570. The lowest BCUT2D eigenvalue weighted by Crippen LogP contribution is -2.17. The summed E-state index contributed by atoms with van der Waals surface area (Å²) in [4.78, 5) is 0. The number of thiophene rings is 1. The average molecular weight is 326 g/mol. The lowest BCUT2D eigenvalue weighted by atomic mass is 10.0. The van der Waals surface area contributed by atoms with Crippen LogP contribution in [0.15, 0.2) is 33.4 Å². The van der Waals surface area contributed by atoms with Crippen LogP contribution in [0.25, 0.3) is 0 Å². The number of hydrogen-bond acceptors (Lipinski definition) is 4. The van der Waals surface area contributed by atoms with Crippen LogP contribution in [-0.2, 0) is 0 Å². The van der Waals surface area contributed by atoms with Crippen molar-refractivity contribution in [3.8, 4) is 11.5 Å². The average Bonchev–Trinajstić information content (AvgIpc) is 2.84. The summed E-state index contributed by atoms with van der Waals surface area (Å²) in [7, 11) is 0. The van der Waals surface area contributed by atoms with Crippen LogP contribution in [0.1, 0.15) is 17.2 Å². The number of ether oxygens (including phenoxy) is 2. The molecule has 1 aromatic carbocycles. The minimum atomic E-state index is -0.136. The molecule has 2 aromatic rings. The fourth-order valence-electron chi connectivity index (χ4n) is 1.93. The first-order valence-electron chi connectivity index (χ1n) is 5.63. The van der Waals surface area contributed by atoms with Crippen LogP contribution in [-0.4, -0.2) is 13.2 Å². The quantitative estimate of drug-likeness (QED) is 0.921. The standard InChI is InChI=1S/C13H12BrNO2S/c14-12-6-9(7-18-12)13(15)8-1-2-10-11(5-8)17-4-3-16-10/h1-2,5-7,13H,3-4,15H2. The summed E-state index contributed by atoms with van der Waals surface area (Å²) in [6.07, 6.45) is 0. The first-order chi connectivity index (χ1) is 8.74. The van der Waals surface area contributed by atoms with Crippen molar-refractivity contribution >= 4 is 27.3 Å². The molecule has 3 rings (SSSR count). The Hall–Kier alpha value is -1.04. The summed E-state index contributed by atoms with van der Waals surface area (Å²) in [5, 5.41) is 2.06. The summed E-state index contributed by atoms with van der Waals surface area (Å²) in [5.41, 5.74) is 8.38. The molecule has 1 unspecified atom stereocenters. The third-order valence-corrected chi connectivity index (χ3v) is 4.39. The topological polar surface area (TPSA) is 44.5 Å². The molecule has 1 aliphatic heterocycles. The van der Waals surface area contributed by atoms with Gasteiger partial charge in [-0.25, -0.2) is 0 Å². The van der Waals surface area contributed by atoms with E-state index in [1.165, 1.54) is 0 Å². The molecule has 0 bridgehead atoms. The molecular weight excluding hydrogens is 314 g/mol. The molecule has 94 valence electrons. The molecule has 0 saturated carbocycles. The van der Waals surface area contributed by atoms with Crippen molar-refractivity contribution in [1.29, 1.82) is 0 Å². The zero-order valence-electron chi connectivity index (χ0n) is 9.56. The van der Waals surface area contributed by atoms with Gasteiger partial charge in [-0.2, -0.15) is 0 Å². The highest BCUT2D eigenvalue weighted by Gasteiger charge is 2.16. The van der Waals surface area contributed by atoms with Gasteiger partial charge >= 0.3 is 0 Å². The number of rotatable bonds is 2. The molecule has 3 nitrogen and oxygen atoms in total. The molecular formula is C13H12BrNO2S. The van der Waals surface area contributed by atoms with E-state index in [0.717, 1.165) is 26.4 Å². The lowest BCUT2D eigenvalue weighted by Gasteiger charge is -2.20. The molecule has 5 heteroatoms. The van der Waals surface area contributed by atoms with Crippen molar-refractivity contribution in [3.63, 3.8) is 0 Å². The Labute approximate surface area is 118 Å². The Morgan fingerprint density at radius 2 is 1.89 bits per heavy atom. The van der Waals surface area contributed by atoms with Gasteiger partial charge < -0.3 is 15.2 Å². The zero-order valence-corrected chi connectivity index (χ0v) is 12.0. The molecule has 1 atom stereocenters. The van der Waals surface area contributed by atoms with Gasteiger partial charge in [0.2, 0.25) is 0 Å². The van der Waals surface area contributed by atoms with Crippen molar-refractivity contribution in [2.45, 2.75) is 6.04 Å². The lowest BCUT2D eigenvalue weighted by molar-refractivity contribution is 0.171. The minimum Gasteiger partial charge on any atom is -0.486 e. The van der Waals surface area contributed by atoms with Crippen LogP contribution in [0.2, 0.25) is 0 Å². The normalized spacial score (nSPS) is 15.4. The maximum atomic E-state index is 6.25. The minimum absolute atomic E-state index is 0.136. The molecule has 2 N–H and O–H groups in total. The first-order valence-corrected chi connectivity index (χ1v) is 7.30. The second-order valence-corrected chi connectivity index (χ2v) is 6.36. The summed E-state index contributed by atoms with van der Waals surface area (Å²) in [6, 6.07) is 7.79. The predicted octanol–water partition coefficient (Wildman–Crippen LogP) is 3.33. The molecule has 0 spiro atoms. The van der Waals surface area contributed by atoms with E-state index in [4.69, 9.17) is 15.2 Å². The number of nitrogens with two attached hydrogens (primary N) is 1. The summed E-state index contributed by atoms with van der Waals surface area (Å²) >= 11 is 5.09. The molecule has 1 aliphatic rings. The summed E-state index contributed by atoms with van der Waals surface area (Å²) in [5.74, 6) is 1.58. The van der Waals surface area contributed by atoms with Gasteiger partial charge in [0.15, 0.2) is 11.5 Å². The molecule has 0 aliphatic carbocycles. The molecule has 0 amide bonds. The van der Waals surface area contributed by atoms with Crippen molar-refractivity contribution in [1.82, 2.24) is 0 Å². The Morgan fingerprint density at radius 3 is 2.61 bits per heavy atom. The van der Waals surface area contributed by atoms with E-state index in [0.29, 0.717) is 13.2 Å². The van der Waals surface area contributed by atoms with Crippen molar-refractivity contribution in [2.24, 2.45) is 5.73 Å². The van der Waals surface area contributed by atoms with Crippen LogP contribution in [0.4, 0.5) is 0 Å². The van der Waals surface area contributed by atoms with E-state index in [-0.39, 0.29) is 6.04 Å². The van der Waals surface area contributed by atoms with Crippen molar-refractivity contribution in [2.75, 3.05) is 13.2 Å². The largest absolute Gasteiger partial charge is 0.486 e. The Kier molecular flexibility index (Phi) is 3.28. The van der Waals surface area contributed by atoms with Gasteiger partial charge in [0.25, 0.3) is 0 Å². The number of benzene rings is 1. The molecule has 0 saturated heterocycles. The van der Waals surface area contributed by atoms with Crippen LogP contribution in [0.3, 0.4) is 0 Å². The Morgan fingerprint density at radius 1 is 1.11 bits per heavy atom. The van der Waals surface area contributed by atoms with Gasteiger partial charge in [-0.3, -0.25) is 0 Å². The van der Waals surface area contributed by atoms with Crippen molar-refractivity contribution < 1.29 is 9.47 Å². The number of hydrogen-bond donors (Lipinski definition) is 1. The molecule has 1 aromatic heterocycles. The fraction of sp³-hybridized carbons (Fsp3) is 0.231.